The average molecular weight is 274 g/mol. The van der Waals surface area contributed by atoms with Crippen molar-refractivity contribution in [1.29, 1.82) is 0 Å². The summed E-state index contributed by atoms with van der Waals surface area (Å²) in [7, 11) is 0. The molecule has 5 nitrogen and oxygen atoms in total. The minimum absolute atomic E-state index is 0.0569. The maximum atomic E-state index is 12.0. The van der Waals surface area contributed by atoms with Gasteiger partial charge in [-0.3, -0.25) is 9.59 Å². The maximum Gasteiger partial charge on any atom is 0.252 e. The summed E-state index contributed by atoms with van der Waals surface area (Å²) in [6, 6.07) is 5.17. The summed E-state index contributed by atoms with van der Waals surface area (Å²) in [5, 5.41) is 13.9. The monoisotopic (exact) mass is 274 g/mol. The predicted octanol–water partition coefficient (Wildman–Crippen LogP) is 0.205. The number of aliphatic hydroxyl groups excluding tert-OH is 1. The van der Waals surface area contributed by atoms with E-state index in [0.717, 1.165) is 5.56 Å². The highest BCUT2D eigenvalue weighted by atomic mass is 16.2. The normalized spacial score (nSPS) is 9.35. The van der Waals surface area contributed by atoms with Crippen LogP contribution in [0.5, 0.6) is 0 Å². The van der Waals surface area contributed by atoms with Gasteiger partial charge in [0.25, 0.3) is 5.91 Å². The third-order valence-electron chi connectivity index (χ3n) is 2.66. The van der Waals surface area contributed by atoms with E-state index >= 15 is 0 Å². The molecule has 1 rings (SSSR count). The summed E-state index contributed by atoms with van der Waals surface area (Å²) in [4.78, 5) is 23.3. The summed E-state index contributed by atoms with van der Waals surface area (Å²) in [5.41, 5.74) is 1.88. The Morgan fingerprint density at radius 1 is 1.30 bits per heavy atom. The minimum atomic E-state index is -0.318. The Bertz CT molecular complexity index is 556. The zero-order valence-electron chi connectivity index (χ0n) is 11.6. The van der Waals surface area contributed by atoms with Gasteiger partial charge in [-0.25, -0.2) is 0 Å². The van der Waals surface area contributed by atoms with Gasteiger partial charge in [0, 0.05) is 17.7 Å². The second-order valence-electron chi connectivity index (χ2n) is 4.07. The molecule has 20 heavy (non-hydrogen) atoms. The number of carbonyl (C=O) groups excluding carboxylic acids is 2. The number of carbonyl (C=O) groups is 2. The lowest BCUT2D eigenvalue weighted by atomic mass is 10.0. The summed E-state index contributed by atoms with van der Waals surface area (Å²) < 4.78 is 0. The molecule has 5 heteroatoms. The Kier molecular flexibility index (Phi) is 6.27. The average Bonchev–Trinajstić information content (AvgIpc) is 2.44. The number of benzene rings is 1. The summed E-state index contributed by atoms with van der Waals surface area (Å²) >= 11 is 0. The molecular weight excluding hydrogens is 256 g/mol. The van der Waals surface area contributed by atoms with Crippen LogP contribution in [0.25, 0.3) is 0 Å². The third kappa shape index (κ3) is 4.41. The van der Waals surface area contributed by atoms with Gasteiger partial charge >= 0.3 is 0 Å². The molecule has 0 radical (unpaired) electrons. The Labute approximate surface area is 118 Å². The molecule has 0 aliphatic heterocycles. The highest BCUT2D eigenvalue weighted by Crippen LogP contribution is 2.12. The van der Waals surface area contributed by atoms with Crippen molar-refractivity contribution in [3.05, 3.63) is 34.9 Å². The Morgan fingerprint density at radius 2 is 2.05 bits per heavy atom. The molecule has 0 bridgehead atoms. The number of nitrogens with one attached hydrogen (secondary N) is 2. The molecule has 0 fully saturated rings. The fourth-order valence-electron chi connectivity index (χ4n) is 1.67. The molecule has 0 aromatic heterocycles. The van der Waals surface area contributed by atoms with Crippen LogP contribution in [0.2, 0.25) is 0 Å². The number of hydrogen-bond donors (Lipinski definition) is 3. The van der Waals surface area contributed by atoms with Gasteiger partial charge in [-0.2, -0.15) is 0 Å². The lowest BCUT2D eigenvalue weighted by Gasteiger charge is -2.09. The van der Waals surface area contributed by atoms with E-state index in [0.29, 0.717) is 17.7 Å². The predicted molar refractivity (Wildman–Crippen MR) is 76.2 cm³/mol. The summed E-state index contributed by atoms with van der Waals surface area (Å²) in [6.45, 7) is 3.83. The molecule has 0 saturated heterocycles. The van der Waals surface area contributed by atoms with Crippen molar-refractivity contribution in [2.24, 2.45) is 0 Å². The Hall–Kier alpha value is -2.32. The lowest BCUT2D eigenvalue weighted by Crippen LogP contribution is -2.37. The largest absolute Gasteiger partial charge is 0.384 e. The minimum Gasteiger partial charge on any atom is -0.384 e. The summed E-state index contributed by atoms with van der Waals surface area (Å²) in [6.07, 6.45) is 0. The molecule has 0 aliphatic rings. The molecule has 3 N–H and O–H groups in total. The van der Waals surface area contributed by atoms with E-state index in [1.807, 2.05) is 6.92 Å². The number of amides is 2. The van der Waals surface area contributed by atoms with Crippen LogP contribution < -0.4 is 10.6 Å². The number of rotatable bonds is 4. The van der Waals surface area contributed by atoms with Crippen LogP contribution in [0.4, 0.5) is 0 Å². The highest BCUT2D eigenvalue weighted by molar-refractivity contribution is 5.98. The molecule has 106 valence electrons. The molecule has 0 heterocycles. The highest BCUT2D eigenvalue weighted by Gasteiger charge is 2.11. The fourth-order valence-corrected chi connectivity index (χ4v) is 1.67. The molecule has 0 saturated carbocycles. The molecule has 0 unspecified atom stereocenters. The molecule has 0 aliphatic carbocycles. The molecule has 1 aromatic rings. The van der Waals surface area contributed by atoms with Crippen LogP contribution in [0.3, 0.4) is 0 Å². The zero-order chi connectivity index (χ0) is 15.0. The van der Waals surface area contributed by atoms with Gasteiger partial charge in [-0.15, -0.1) is 0 Å². The molecular formula is C15H18N2O3. The first-order valence-electron chi connectivity index (χ1n) is 6.34. The second-order valence-corrected chi connectivity index (χ2v) is 4.07. The van der Waals surface area contributed by atoms with Gasteiger partial charge in [0.1, 0.15) is 6.61 Å². The smallest absolute Gasteiger partial charge is 0.252 e. The first-order valence-corrected chi connectivity index (χ1v) is 6.34. The van der Waals surface area contributed by atoms with Crippen molar-refractivity contribution >= 4 is 11.8 Å². The van der Waals surface area contributed by atoms with Gasteiger partial charge in [0.05, 0.1) is 6.54 Å². The van der Waals surface area contributed by atoms with Gasteiger partial charge in [-0.1, -0.05) is 17.9 Å². The van der Waals surface area contributed by atoms with Gasteiger partial charge < -0.3 is 15.7 Å². The van der Waals surface area contributed by atoms with Crippen molar-refractivity contribution in [2.75, 3.05) is 19.7 Å². The van der Waals surface area contributed by atoms with E-state index < -0.39 is 0 Å². The quantitative estimate of drug-likeness (QED) is 0.687. The van der Waals surface area contributed by atoms with Crippen LogP contribution in [-0.2, 0) is 4.79 Å². The molecule has 1 aromatic carbocycles. The van der Waals surface area contributed by atoms with Crippen LogP contribution in [0, 0.1) is 18.8 Å². The van der Waals surface area contributed by atoms with Crippen LogP contribution in [0.1, 0.15) is 28.4 Å². The van der Waals surface area contributed by atoms with Crippen LogP contribution in [0.15, 0.2) is 18.2 Å². The molecule has 0 spiro atoms. The van der Waals surface area contributed by atoms with Crippen molar-refractivity contribution in [3.8, 4) is 11.8 Å². The first kappa shape index (κ1) is 15.7. The van der Waals surface area contributed by atoms with Gasteiger partial charge in [0.2, 0.25) is 5.91 Å². The standard InChI is InChI=1S/C15H18N2O3/c1-3-16-14(19)10-17-15(20)13-8-4-6-12(11(13)2)7-5-9-18/h4,6,8,18H,3,9-10H2,1-2H3,(H,16,19)(H,17,20). The molecule has 2 amide bonds. The van der Waals surface area contributed by atoms with E-state index in [1.165, 1.54) is 0 Å². The van der Waals surface area contributed by atoms with E-state index in [1.54, 1.807) is 25.1 Å². The number of aliphatic hydroxyl groups is 1. The van der Waals surface area contributed by atoms with Crippen LogP contribution >= 0.6 is 0 Å². The third-order valence-corrected chi connectivity index (χ3v) is 2.66. The lowest BCUT2D eigenvalue weighted by molar-refractivity contribution is -0.120. The van der Waals surface area contributed by atoms with Gasteiger partial charge in [0.15, 0.2) is 0 Å². The van der Waals surface area contributed by atoms with E-state index in [2.05, 4.69) is 22.5 Å². The Balaban J connectivity index is 2.81. The number of hydrogen-bond acceptors (Lipinski definition) is 3. The van der Waals surface area contributed by atoms with Crippen LogP contribution in [-0.4, -0.2) is 36.6 Å². The van der Waals surface area contributed by atoms with Gasteiger partial charge in [-0.05, 0) is 31.5 Å². The maximum absolute atomic E-state index is 12.0. The van der Waals surface area contributed by atoms with E-state index in [9.17, 15) is 9.59 Å². The Morgan fingerprint density at radius 3 is 2.70 bits per heavy atom. The van der Waals surface area contributed by atoms with E-state index in [-0.39, 0.29) is 25.0 Å². The topological polar surface area (TPSA) is 78.4 Å². The van der Waals surface area contributed by atoms with Crippen molar-refractivity contribution in [3.63, 3.8) is 0 Å². The van der Waals surface area contributed by atoms with Crippen molar-refractivity contribution < 1.29 is 14.7 Å². The summed E-state index contributed by atoms with van der Waals surface area (Å²) in [5.74, 6) is 4.79. The molecule has 0 atom stereocenters. The first-order chi connectivity index (χ1) is 9.60. The zero-order valence-corrected chi connectivity index (χ0v) is 11.6. The number of likely N-dealkylation sites (N-methyl/N-ethyl adjacent to an activating group) is 1. The van der Waals surface area contributed by atoms with Crippen molar-refractivity contribution in [1.82, 2.24) is 10.6 Å². The fraction of sp³-hybridized carbons (Fsp3) is 0.333. The second kappa shape index (κ2) is 7.97. The van der Waals surface area contributed by atoms with E-state index in [4.69, 9.17) is 5.11 Å². The van der Waals surface area contributed by atoms with Crippen molar-refractivity contribution in [2.45, 2.75) is 13.8 Å². The SMILES string of the molecule is CCNC(=O)CNC(=O)c1cccc(C#CCO)c1C.